The zero-order valence-corrected chi connectivity index (χ0v) is 14.9. The first-order valence-electron chi connectivity index (χ1n) is 8.21. The van der Waals surface area contributed by atoms with Crippen molar-refractivity contribution in [3.63, 3.8) is 0 Å². The molecule has 0 saturated heterocycles. The van der Waals surface area contributed by atoms with Gasteiger partial charge in [-0.3, -0.25) is 4.79 Å². The van der Waals surface area contributed by atoms with Gasteiger partial charge in [0, 0.05) is 23.5 Å². The summed E-state index contributed by atoms with van der Waals surface area (Å²) in [5, 5.41) is 4.13. The summed E-state index contributed by atoms with van der Waals surface area (Å²) in [6.45, 7) is 4.92. The van der Waals surface area contributed by atoms with Crippen LogP contribution in [0.2, 0.25) is 0 Å². The van der Waals surface area contributed by atoms with Crippen LogP contribution in [0.4, 0.5) is 0 Å². The molecule has 0 saturated carbocycles. The highest BCUT2D eigenvalue weighted by molar-refractivity contribution is 7.08. The van der Waals surface area contributed by atoms with Crippen molar-refractivity contribution in [3.05, 3.63) is 69.7 Å². The zero-order valence-electron chi connectivity index (χ0n) is 14.1. The minimum atomic E-state index is -0.349. The maximum Gasteiger partial charge on any atom is 0.251 e. The molecule has 24 heavy (non-hydrogen) atoms. The third kappa shape index (κ3) is 3.02. The summed E-state index contributed by atoms with van der Waals surface area (Å²) >= 11 is 1.64. The van der Waals surface area contributed by atoms with Crippen molar-refractivity contribution in [3.8, 4) is 11.1 Å². The van der Waals surface area contributed by atoms with Crippen LogP contribution in [0.25, 0.3) is 11.1 Å². The monoisotopic (exact) mass is 338 g/mol. The topological polar surface area (TPSA) is 48.0 Å². The Hall–Kier alpha value is -2.33. The molecule has 2 heterocycles. The number of rotatable bonds is 6. The second kappa shape index (κ2) is 7.05. The molecule has 2 aromatic heterocycles. The zero-order chi connectivity index (χ0) is 17.1. The Balaban J connectivity index is 2.21. The van der Waals surface area contributed by atoms with Gasteiger partial charge in [0.2, 0.25) is 0 Å². The number of thiophene rings is 1. The fourth-order valence-electron chi connectivity index (χ4n) is 3.29. The molecule has 1 aromatic carbocycles. The van der Waals surface area contributed by atoms with Gasteiger partial charge in [0.1, 0.15) is 0 Å². The highest BCUT2D eigenvalue weighted by Crippen LogP contribution is 2.35. The average Bonchev–Trinajstić information content (AvgIpc) is 3.18. The Morgan fingerprint density at radius 2 is 1.96 bits per heavy atom. The van der Waals surface area contributed by atoms with Crippen molar-refractivity contribution < 1.29 is 4.79 Å². The third-order valence-electron chi connectivity index (χ3n) is 4.36. The molecule has 3 nitrogen and oxygen atoms in total. The van der Waals surface area contributed by atoms with Gasteiger partial charge in [-0.1, -0.05) is 43.7 Å². The molecule has 0 fully saturated rings. The SMILES string of the molecule is CCCc1c(-c2ccsc2)c(C(N)=O)c(C)n1Cc1ccccc1. The van der Waals surface area contributed by atoms with Crippen molar-refractivity contribution >= 4 is 17.2 Å². The Kier molecular flexibility index (Phi) is 4.86. The second-order valence-corrected chi connectivity index (χ2v) is 6.76. The van der Waals surface area contributed by atoms with E-state index in [4.69, 9.17) is 5.73 Å². The van der Waals surface area contributed by atoms with Gasteiger partial charge in [0.25, 0.3) is 5.91 Å². The van der Waals surface area contributed by atoms with Crippen molar-refractivity contribution in [2.75, 3.05) is 0 Å². The standard InChI is InChI=1S/C20H22N2OS/c1-3-7-17-19(16-10-11-24-13-16)18(20(21)23)14(2)22(17)12-15-8-5-4-6-9-15/h4-6,8-11,13H,3,7,12H2,1-2H3,(H2,21,23). The maximum atomic E-state index is 12.2. The number of carbonyl (C=O) groups is 1. The van der Waals surface area contributed by atoms with Crippen LogP contribution in [0.3, 0.4) is 0 Å². The van der Waals surface area contributed by atoms with Crippen LogP contribution in [0.1, 0.15) is 40.7 Å². The van der Waals surface area contributed by atoms with E-state index in [9.17, 15) is 4.79 Å². The first-order chi connectivity index (χ1) is 11.6. The molecule has 124 valence electrons. The van der Waals surface area contributed by atoms with Crippen LogP contribution in [0.5, 0.6) is 0 Å². The van der Waals surface area contributed by atoms with E-state index in [-0.39, 0.29) is 5.91 Å². The van der Waals surface area contributed by atoms with Crippen molar-refractivity contribution in [2.45, 2.75) is 33.2 Å². The summed E-state index contributed by atoms with van der Waals surface area (Å²) in [6, 6.07) is 12.4. The number of benzene rings is 1. The van der Waals surface area contributed by atoms with E-state index in [2.05, 4.69) is 35.1 Å². The lowest BCUT2D eigenvalue weighted by atomic mass is 10.0. The van der Waals surface area contributed by atoms with Gasteiger partial charge in [0.05, 0.1) is 5.56 Å². The van der Waals surface area contributed by atoms with Crippen LogP contribution in [-0.2, 0) is 13.0 Å². The lowest BCUT2D eigenvalue weighted by Crippen LogP contribution is -2.13. The number of nitrogens with zero attached hydrogens (tertiary/aromatic N) is 1. The fraction of sp³-hybridized carbons (Fsp3) is 0.250. The predicted octanol–water partition coefficient (Wildman–Crippen LogP) is 4.62. The minimum absolute atomic E-state index is 0.349. The number of amides is 1. The van der Waals surface area contributed by atoms with Gasteiger partial charge < -0.3 is 10.3 Å². The van der Waals surface area contributed by atoms with E-state index in [1.807, 2.05) is 30.5 Å². The van der Waals surface area contributed by atoms with E-state index in [0.29, 0.717) is 5.56 Å². The highest BCUT2D eigenvalue weighted by Gasteiger charge is 2.24. The molecule has 0 unspecified atom stereocenters. The molecule has 3 rings (SSSR count). The predicted molar refractivity (Wildman–Crippen MR) is 101 cm³/mol. The van der Waals surface area contributed by atoms with Crippen LogP contribution >= 0.6 is 11.3 Å². The minimum Gasteiger partial charge on any atom is -0.366 e. The second-order valence-electron chi connectivity index (χ2n) is 5.98. The van der Waals surface area contributed by atoms with E-state index < -0.39 is 0 Å². The van der Waals surface area contributed by atoms with Gasteiger partial charge in [-0.15, -0.1) is 0 Å². The molecule has 0 aliphatic rings. The molecule has 2 N–H and O–H groups in total. The summed E-state index contributed by atoms with van der Waals surface area (Å²) < 4.78 is 2.26. The molecule has 0 radical (unpaired) electrons. The van der Waals surface area contributed by atoms with Gasteiger partial charge in [-0.25, -0.2) is 0 Å². The summed E-state index contributed by atoms with van der Waals surface area (Å²) in [4.78, 5) is 12.2. The average molecular weight is 338 g/mol. The summed E-state index contributed by atoms with van der Waals surface area (Å²) in [5.41, 5.74) is 11.9. The lowest BCUT2D eigenvalue weighted by Gasteiger charge is -2.12. The molecule has 0 spiro atoms. The summed E-state index contributed by atoms with van der Waals surface area (Å²) in [6.07, 6.45) is 1.94. The summed E-state index contributed by atoms with van der Waals surface area (Å²) in [7, 11) is 0. The lowest BCUT2D eigenvalue weighted by molar-refractivity contribution is 0.1000. The Bertz CT molecular complexity index is 832. The van der Waals surface area contributed by atoms with Gasteiger partial charge in [-0.05, 0) is 41.3 Å². The fourth-order valence-corrected chi connectivity index (χ4v) is 3.94. The molecular weight excluding hydrogens is 316 g/mol. The molecular formula is C20H22N2OS. The van der Waals surface area contributed by atoms with Crippen molar-refractivity contribution in [1.82, 2.24) is 4.57 Å². The summed E-state index contributed by atoms with van der Waals surface area (Å²) in [5.74, 6) is -0.349. The van der Waals surface area contributed by atoms with Gasteiger partial charge >= 0.3 is 0 Å². The molecule has 4 heteroatoms. The maximum absolute atomic E-state index is 12.2. The Labute approximate surface area is 146 Å². The van der Waals surface area contributed by atoms with E-state index in [1.165, 1.54) is 11.3 Å². The first kappa shape index (κ1) is 16.5. The Morgan fingerprint density at radius 1 is 1.21 bits per heavy atom. The van der Waals surface area contributed by atoms with Crippen LogP contribution < -0.4 is 5.73 Å². The quantitative estimate of drug-likeness (QED) is 0.700. The Morgan fingerprint density at radius 3 is 2.54 bits per heavy atom. The number of aromatic nitrogens is 1. The number of nitrogens with two attached hydrogens (primary N) is 1. The van der Waals surface area contributed by atoms with Crippen LogP contribution in [0.15, 0.2) is 47.2 Å². The number of primary amides is 1. The molecule has 3 aromatic rings. The highest BCUT2D eigenvalue weighted by atomic mass is 32.1. The van der Waals surface area contributed by atoms with Gasteiger partial charge in [-0.2, -0.15) is 11.3 Å². The number of hydrogen-bond acceptors (Lipinski definition) is 2. The number of hydrogen-bond donors (Lipinski definition) is 1. The van der Waals surface area contributed by atoms with E-state index >= 15 is 0 Å². The molecule has 0 bridgehead atoms. The van der Waals surface area contributed by atoms with E-state index in [1.54, 1.807) is 11.3 Å². The van der Waals surface area contributed by atoms with E-state index in [0.717, 1.165) is 36.2 Å². The molecule has 0 aliphatic heterocycles. The van der Waals surface area contributed by atoms with Crippen molar-refractivity contribution in [2.24, 2.45) is 5.73 Å². The number of carbonyl (C=O) groups excluding carboxylic acids is 1. The first-order valence-corrected chi connectivity index (χ1v) is 9.16. The van der Waals surface area contributed by atoms with Crippen molar-refractivity contribution in [1.29, 1.82) is 0 Å². The largest absolute Gasteiger partial charge is 0.366 e. The molecule has 0 atom stereocenters. The molecule has 1 amide bonds. The van der Waals surface area contributed by atoms with Crippen LogP contribution in [0, 0.1) is 6.92 Å². The van der Waals surface area contributed by atoms with Crippen LogP contribution in [-0.4, -0.2) is 10.5 Å². The third-order valence-corrected chi connectivity index (χ3v) is 5.04. The smallest absolute Gasteiger partial charge is 0.251 e. The van der Waals surface area contributed by atoms with Gasteiger partial charge in [0.15, 0.2) is 0 Å². The normalized spacial score (nSPS) is 10.9. The molecule has 0 aliphatic carbocycles.